The van der Waals surface area contributed by atoms with Crippen LogP contribution in [0.4, 0.5) is 0 Å². The van der Waals surface area contributed by atoms with Gasteiger partial charge in [-0.2, -0.15) is 0 Å². The Labute approximate surface area is 155 Å². The molecule has 3 aromatic heterocycles. The van der Waals surface area contributed by atoms with E-state index in [4.69, 9.17) is 14.7 Å². The molecule has 1 unspecified atom stereocenters. The molecule has 0 spiro atoms. The van der Waals surface area contributed by atoms with Crippen LogP contribution >= 0.6 is 0 Å². The molecule has 0 aromatic carbocycles. The standard InChI is InChI=1S/C21H28N4O/c1-8-13(4)16-11-25(6)20-19(16)22-14(5)18(24-20)15-9-10-17(12(2)3)23-21(15)26-7/h9-13H,8H2,1-7H3. The van der Waals surface area contributed by atoms with Crippen molar-refractivity contribution in [3.8, 4) is 17.1 Å². The number of aromatic nitrogens is 4. The summed E-state index contributed by atoms with van der Waals surface area (Å²) in [6, 6.07) is 4.09. The van der Waals surface area contributed by atoms with E-state index in [-0.39, 0.29) is 0 Å². The summed E-state index contributed by atoms with van der Waals surface area (Å²) in [6.07, 6.45) is 3.23. The van der Waals surface area contributed by atoms with Crippen molar-refractivity contribution in [3.63, 3.8) is 0 Å². The second kappa shape index (κ2) is 7.06. The molecule has 0 saturated heterocycles. The highest BCUT2D eigenvalue weighted by molar-refractivity contribution is 5.81. The molecule has 0 radical (unpaired) electrons. The van der Waals surface area contributed by atoms with Crippen LogP contribution in [0.25, 0.3) is 22.4 Å². The topological polar surface area (TPSA) is 52.8 Å². The summed E-state index contributed by atoms with van der Waals surface area (Å²) in [5.41, 5.74) is 6.77. The third kappa shape index (κ3) is 3.06. The Morgan fingerprint density at radius 3 is 2.46 bits per heavy atom. The van der Waals surface area contributed by atoms with Gasteiger partial charge in [-0.1, -0.05) is 27.7 Å². The lowest BCUT2D eigenvalue weighted by molar-refractivity contribution is 0.397. The van der Waals surface area contributed by atoms with Crippen molar-refractivity contribution in [3.05, 3.63) is 35.3 Å². The van der Waals surface area contributed by atoms with Gasteiger partial charge in [-0.3, -0.25) is 0 Å². The number of aryl methyl sites for hydroxylation is 2. The smallest absolute Gasteiger partial charge is 0.222 e. The minimum Gasteiger partial charge on any atom is -0.480 e. The Morgan fingerprint density at radius 1 is 1.12 bits per heavy atom. The van der Waals surface area contributed by atoms with Crippen LogP contribution in [0.5, 0.6) is 5.88 Å². The van der Waals surface area contributed by atoms with Gasteiger partial charge >= 0.3 is 0 Å². The van der Waals surface area contributed by atoms with E-state index in [1.165, 1.54) is 5.56 Å². The van der Waals surface area contributed by atoms with E-state index < -0.39 is 0 Å². The van der Waals surface area contributed by atoms with Crippen molar-refractivity contribution in [2.24, 2.45) is 7.05 Å². The lowest BCUT2D eigenvalue weighted by Crippen LogP contribution is -2.02. The molecule has 0 bridgehead atoms. The largest absolute Gasteiger partial charge is 0.480 e. The number of pyridine rings is 1. The maximum atomic E-state index is 5.56. The molecule has 0 aliphatic carbocycles. The second-order valence-corrected chi connectivity index (χ2v) is 7.28. The van der Waals surface area contributed by atoms with E-state index in [1.807, 2.05) is 26.1 Å². The molecule has 5 nitrogen and oxygen atoms in total. The summed E-state index contributed by atoms with van der Waals surface area (Å²) >= 11 is 0. The molecule has 1 atom stereocenters. The summed E-state index contributed by atoms with van der Waals surface area (Å²) in [5.74, 6) is 1.41. The van der Waals surface area contributed by atoms with Crippen molar-refractivity contribution in [2.75, 3.05) is 7.11 Å². The molecule has 0 saturated carbocycles. The fourth-order valence-corrected chi connectivity index (χ4v) is 3.23. The molecule has 3 rings (SSSR count). The Kier molecular flexibility index (Phi) is 4.99. The van der Waals surface area contributed by atoms with Crippen LogP contribution in [-0.4, -0.2) is 26.6 Å². The molecule has 3 heterocycles. The van der Waals surface area contributed by atoms with Gasteiger partial charge in [0.1, 0.15) is 5.52 Å². The minimum absolute atomic E-state index is 0.346. The highest BCUT2D eigenvalue weighted by Gasteiger charge is 2.19. The third-order valence-electron chi connectivity index (χ3n) is 5.06. The predicted molar refractivity (Wildman–Crippen MR) is 106 cm³/mol. The predicted octanol–water partition coefficient (Wildman–Crippen LogP) is 4.98. The van der Waals surface area contributed by atoms with Gasteiger partial charge in [-0.25, -0.2) is 15.0 Å². The number of nitrogens with zero attached hydrogens (tertiary/aromatic N) is 4. The summed E-state index contributed by atoms with van der Waals surface area (Å²) in [7, 11) is 3.68. The highest BCUT2D eigenvalue weighted by atomic mass is 16.5. The zero-order valence-electron chi connectivity index (χ0n) is 16.8. The molecule has 3 aromatic rings. The number of hydrogen-bond acceptors (Lipinski definition) is 4. The van der Waals surface area contributed by atoms with E-state index in [0.29, 0.717) is 17.7 Å². The normalized spacial score (nSPS) is 12.8. The van der Waals surface area contributed by atoms with Crippen LogP contribution in [-0.2, 0) is 7.05 Å². The first-order valence-electron chi connectivity index (χ1n) is 9.26. The van der Waals surface area contributed by atoms with E-state index in [2.05, 4.69) is 43.4 Å². The van der Waals surface area contributed by atoms with Gasteiger partial charge in [-0.05, 0) is 37.3 Å². The first-order valence-corrected chi connectivity index (χ1v) is 9.26. The van der Waals surface area contributed by atoms with E-state index in [9.17, 15) is 0 Å². The average Bonchev–Trinajstić information content (AvgIpc) is 2.95. The van der Waals surface area contributed by atoms with Crippen molar-refractivity contribution in [1.82, 2.24) is 19.5 Å². The number of rotatable bonds is 5. The average molecular weight is 352 g/mol. The van der Waals surface area contributed by atoms with Crippen molar-refractivity contribution in [1.29, 1.82) is 0 Å². The Hall–Kier alpha value is -2.43. The molecule has 0 aliphatic heterocycles. The van der Waals surface area contributed by atoms with Crippen LogP contribution in [0.1, 0.15) is 62.9 Å². The number of hydrogen-bond donors (Lipinski definition) is 0. The molecule has 0 amide bonds. The summed E-state index contributed by atoms with van der Waals surface area (Å²) in [4.78, 5) is 14.5. The molecule has 138 valence electrons. The molecule has 0 N–H and O–H groups in total. The zero-order chi connectivity index (χ0) is 19.0. The Bertz CT molecular complexity index is 943. The summed E-state index contributed by atoms with van der Waals surface area (Å²) in [5, 5.41) is 0. The lowest BCUT2D eigenvalue weighted by atomic mass is 10.0. The minimum atomic E-state index is 0.346. The first kappa shape index (κ1) is 18.4. The quantitative estimate of drug-likeness (QED) is 0.649. The van der Waals surface area contributed by atoms with Crippen molar-refractivity contribution >= 4 is 11.2 Å². The SMILES string of the molecule is CCC(C)c1cn(C)c2nc(-c3ccc(C(C)C)nc3OC)c(C)nc12. The van der Waals surface area contributed by atoms with Gasteiger partial charge in [0.2, 0.25) is 5.88 Å². The van der Waals surface area contributed by atoms with Crippen LogP contribution in [0.2, 0.25) is 0 Å². The molecular weight excluding hydrogens is 324 g/mol. The lowest BCUT2D eigenvalue weighted by Gasteiger charge is -2.13. The maximum Gasteiger partial charge on any atom is 0.222 e. The van der Waals surface area contributed by atoms with Gasteiger partial charge in [0.05, 0.1) is 24.1 Å². The van der Waals surface area contributed by atoms with E-state index >= 15 is 0 Å². The third-order valence-corrected chi connectivity index (χ3v) is 5.06. The molecule has 5 heteroatoms. The highest BCUT2D eigenvalue weighted by Crippen LogP contribution is 2.33. The fraction of sp³-hybridized carbons (Fsp3) is 0.476. The van der Waals surface area contributed by atoms with Gasteiger partial charge < -0.3 is 9.30 Å². The molecule has 26 heavy (non-hydrogen) atoms. The van der Waals surface area contributed by atoms with Crippen LogP contribution < -0.4 is 4.74 Å². The fourth-order valence-electron chi connectivity index (χ4n) is 3.23. The molecule has 0 fully saturated rings. The Morgan fingerprint density at radius 2 is 1.85 bits per heavy atom. The summed E-state index contributed by atoms with van der Waals surface area (Å²) < 4.78 is 7.63. The number of ether oxygens (including phenoxy) is 1. The Balaban J connectivity index is 2.21. The van der Waals surface area contributed by atoms with Crippen molar-refractivity contribution < 1.29 is 4.74 Å². The monoisotopic (exact) mass is 352 g/mol. The van der Waals surface area contributed by atoms with Crippen LogP contribution in [0.3, 0.4) is 0 Å². The van der Waals surface area contributed by atoms with Gasteiger partial charge in [0.25, 0.3) is 0 Å². The van der Waals surface area contributed by atoms with Gasteiger partial charge in [-0.15, -0.1) is 0 Å². The van der Waals surface area contributed by atoms with Crippen molar-refractivity contribution in [2.45, 2.75) is 52.9 Å². The van der Waals surface area contributed by atoms with E-state index in [1.54, 1.807) is 7.11 Å². The summed E-state index contributed by atoms with van der Waals surface area (Å²) in [6.45, 7) is 10.7. The second-order valence-electron chi connectivity index (χ2n) is 7.28. The van der Waals surface area contributed by atoms with E-state index in [0.717, 1.165) is 40.2 Å². The van der Waals surface area contributed by atoms with Gasteiger partial charge in [0.15, 0.2) is 5.65 Å². The first-order chi connectivity index (χ1) is 12.4. The molecular formula is C21H28N4O. The van der Waals surface area contributed by atoms with Crippen LogP contribution in [0.15, 0.2) is 18.3 Å². The maximum absolute atomic E-state index is 5.56. The van der Waals surface area contributed by atoms with Gasteiger partial charge in [0, 0.05) is 24.5 Å². The number of fused-ring (bicyclic) bond motifs is 1. The molecule has 0 aliphatic rings. The zero-order valence-corrected chi connectivity index (χ0v) is 16.8. The van der Waals surface area contributed by atoms with Crippen LogP contribution in [0, 0.1) is 6.92 Å². The number of methoxy groups -OCH3 is 1.